The van der Waals surface area contributed by atoms with Gasteiger partial charge in [-0.15, -0.1) is 0 Å². The molecule has 1 aromatic heterocycles. The van der Waals surface area contributed by atoms with E-state index in [2.05, 4.69) is 9.72 Å². The number of ether oxygens (including phenoxy) is 1. The van der Waals surface area contributed by atoms with Gasteiger partial charge >= 0.3 is 5.97 Å². The lowest BCUT2D eigenvalue weighted by molar-refractivity contribution is 0.0595. The molecule has 0 saturated carbocycles. The molecular formula is C6H6BNO2. The summed E-state index contributed by atoms with van der Waals surface area (Å²) in [5.41, 5.74) is 0.903. The van der Waals surface area contributed by atoms with Gasteiger partial charge in [0, 0.05) is 0 Å². The number of carbonyl (C=O) groups excluding carboxylic acids is 1. The van der Waals surface area contributed by atoms with Crippen molar-refractivity contribution >= 4 is 19.3 Å². The van der Waals surface area contributed by atoms with Gasteiger partial charge in [0.1, 0.15) is 13.5 Å². The molecular weight excluding hydrogens is 129 g/mol. The van der Waals surface area contributed by atoms with Crippen LogP contribution in [0.2, 0.25) is 0 Å². The number of methoxy groups -OCH3 is 1. The average Bonchev–Trinajstić information content (AvgIpc) is 2.34. The number of H-pyrrole nitrogens is 1. The highest BCUT2D eigenvalue weighted by Gasteiger charge is 2.04. The Bertz CT molecular complexity index is 244. The Morgan fingerprint density at radius 1 is 1.80 bits per heavy atom. The van der Waals surface area contributed by atoms with Gasteiger partial charge in [-0.3, -0.25) is 0 Å². The van der Waals surface area contributed by atoms with E-state index in [-0.39, 0.29) is 0 Å². The molecule has 1 aromatic rings. The van der Waals surface area contributed by atoms with Gasteiger partial charge in [-0.05, 0) is 12.3 Å². The molecule has 4 heteroatoms. The lowest BCUT2D eigenvalue weighted by Crippen LogP contribution is -2.01. The summed E-state index contributed by atoms with van der Waals surface area (Å²) in [6.45, 7) is 0. The van der Waals surface area contributed by atoms with Crippen LogP contribution in [0.25, 0.3) is 0 Å². The van der Waals surface area contributed by atoms with Gasteiger partial charge in [0.15, 0.2) is 0 Å². The van der Waals surface area contributed by atoms with Crippen molar-refractivity contribution in [1.82, 2.24) is 4.98 Å². The highest BCUT2D eigenvalue weighted by molar-refractivity contribution is 6.32. The molecule has 1 rings (SSSR count). The number of esters is 1. The monoisotopic (exact) mass is 135 g/mol. The summed E-state index contributed by atoms with van der Waals surface area (Å²) in [7, 11) is 6.65. The number of nitrogens with one attached hydrogen (secondary N) is 1. The first-order valence-electron chi connectivity index (χ1n) is 2.76. The second kappa shape index (κ2) is 2.60. The number of aromatic nitrogens is 1. The average molecular weight is 135 g/mol. The van der Waals surface area contributed by atoms with Gasteiger partial charge in [0.05, 0.1) is 7.11 Å². The fraction of sp³-hybridized carbons (Fsp3) is 0.167. The Balaban J connectivity index is 2.85. The third-order valence-electron chi connectivity index (χ3n) is 1.11. The van der Waals surface area contributed by atoms with Crippen molar-refractivity contribution in [2.75, 3.05) is 7.11 Å². The van der Waals surface area contributed by atoms with Crippen molar-refractivity contribution in [3.63, 3.8) is 0 Å². The minimum absolute atomic E-state index is 0.375. The smallest absolute Gasteiger partial charge is 0.354 e. The minimum atomic E-state index is -0.406. The maximum atomic E-state index is 10.7. The number of hydrogen-bond donors (Lipinski definition) is 1. The molecule has 1 heterocycles. The Hall–Kier alpha value is -1.19. The number of rotatable bonds is 1. The van der Waals surface area contributed by atoms with Crippen LogP contribution in [0.3, 0.4) is 0 Å². The molecule has 0 unspecified atom stereocenters. The van der Waals surface area contributed by atoms with E-state index < -0.39 is 5.97 Å². The summed E-state index contributed by atoms with van der Waals surface area (Å²) in [6.07, 6.45) is 1.53. The predicted molar refractivity (Wildman–Crippen MR) is 37.5 cm³/mol. The number of aromatic amines is 1. The van der Waals surface area contributed by atoms with Crippen LogP contribution in [-0.4, -0.2) is 25.9 Å². The molecule has 0 aliphatic rings. The third-order valence-corrected chi connectivity index (χ3v) is 1.11. The fourth-order valence-electron chi connectivity index (χ4n) is 0.639. The van der Waals surface area contributed by atoms with Crippen LogP contribution < -0.4 is 5.46 Å². The Morgan fingerprint density at radius 2 is 2.50 bits per heavy atom. The van der Waals surface area contributed by atoms with Crippen molar-refractivity contribution in [1.29, 1.82) is 0 Å². The molecule has 0 aliphatic carbocycles. The molecule has 0 aromatic carbocycles. The molecule has 0 saturated heterocycles. The van der Waals surface area contributed by atoms with E-state index in [1.807, 2.05) is 0 Å². The Morgan fingerprint density at radius 3 is 2.90 bits per heavy atom. The van der Waals surface area contributed by atoms with E-state index in [1.54, 1.807) is 0 Å². The van der Waals surface area contributed by atoms with Crippen LogP contribution in [0.1, 0.15) is 10.5 Å². The summed E-state index contributed by atoms with van der Waals surface area (Å²) < 4.78 is 4.42. The van der Waals surface area contributed by atoms with Gasteiger partial charge in [-0.1, -0.05) is 5.46 Å². The van der Waals surface area contributed by atoms with Crippen LogP contribution in [0.4, 0.5) is 0 Å². The number of carbonyl (C=O) groups is 1. The van der Waals surface area contributed by atoms with Crippen molar-refractivity contribution in [3.05, 3.63) is 18.0 Å². The summed E-state index contributed by atoms with van der Waals surface area (Å²) in [5, 5.41) is 0. The van der Waals surface area contributed by atoms with Crippen LogP contribution in [-0.2, 0) is 4.74 Å². The van der Waals surface area contributed by atoms with E-state index >= 15 is 0 Å². The zero-order valence-electron chi connectivity index (χ0n) is 5.55. The standard InChI is InChI=1S/C6H6BNO2/c1-10-6(9)5-2-4(7)3-8-5/h2-3,8H,1H3. The van der Waals surface area contributed by atoms with Crippen molar-refractivity contribution in [2.45, 2.75) is 0 Å². The summed E-state index contributed by atoms with van der Waals surface area (Å²) in [5.74, 6) is -0.406. The molecule has 0 bridgehead atoms. The Labute approximate surface area is 59.8 Å². The summed E-state index contributed by atoms with van der Waals surface area (Å²) >= 11 is 0. The summed E-state index contributed by atoms with van der Waals surface area (Å²) in [6, 6.07) is 1.52. The molecule has 10 heavy (non-hydrogen) atoms. The molecule has 0 amide bonds. The molecule has 1 N–H and O–H groups in total. The Kier molecular flexibility index (Phi) is 1.80. The second-order valence-electron chi connectivity index (χ2n) is 1.84. The minimum Gasteiger partial charge on any atom is -0.464 e. The van der Waals surface area contributed by atoms with E-state index in [0.29, 0.717) is 11.2 Å². The molecule has 3 nitrogen and oxygen atoms in total. The first kappa shape index (κ1) is 6.93. The highest BCUT2D eigenvalue weighted by atomic mass is 16.5. The second-order valence-corrected chi connectivity index (χ2v) is 1.84. The molecule has 0 aliphatic heterocycles. The van der Waals surface area contributed by atoms with Crippen LogP contribution in [0, 0.1) is 0 Å². The molecule has 0 fully saturated rings. The lowest BCUT2D eigenvalue weighted by Gasteiger charge is -1.91. The van der Waals surface area contributed by atoms with Crippen molar-refractivity contribution < 1.29 is 9.53 Å². The van der Waals surface area contributed by atoms with Crippen LogP contribution in [0.5, 0.6) is 0 Å². The van der Waals surface area contributed by atoms with Gasteiger partial charge < -0.3 is 9.72 Å². The maximum Gasteiger partial charge on any atom is 0.354 e. The molecule has 0 atom stereocenters. The largest absolute Gasteiger partial charge is 0.464 e. The van der Waals surface area contributed by atoms with Gasteiger partial charge in [0.2, 0.25) is 0 Å². The SMILES string of the molecule is [B]c1c[nH]c(C(=O)OC)c1. The van der Waals surface area contributed by atoms with Gasteiger partial charge in [-0.25, -0.2) is 4.79 Å². The molecule has 50 valence electrons. The zero-order valence-corrected chi connectivity index (χ0v) is 5.55. The summed E-state index contributed by atoms with van der Waals surface area (Å²) in [4.78, 5) is 13.4. The molecule has 0 spiro atoms. The van der Waals surface area contributed by atoms with E-state index in [9.17, 15) is 4.79 Å². The normalized spacial score (nSPS) is 9.30. The predicted octanol–water partition coefficient (Wildman–Crippen LogP) is -0.405. The third kappa shape index (κ3) is 1.21. The lowest BCUT2D eigenvalue weighted by atomic mass is 10.0. The topological polar surface area (TPSA) is 42.1 Å². The highest BCUT2D eigenvalue weighted by Crippen LogP contribution is 1.92. The van der Waals surface area contributed by atoms with E-state index in [0.717, 1.165) is 0 Å². The first-order chi connectivity index (χ1) is 4.74. The molecule has 2 radical (unpaired) electrons. The van der Waals surface area contributed by atoms with Gasteiger partial charge in [-0.2, -0.15) is 0 Å². The van der Waals surface area contributed by atoms with Crippen LogP contribution >= 0.6 is 0 Å². The van der Waals surface area contributed by atoms with E-state index in [1.165, 1.54) is 19.4 Å². The quantitative estimate of drug-likeness (QED) is 0.420. The maximum absolute atomic E-state index is 10.7. The van der Waals surface area contributed by atoms with Gasteiger partial charge in [0.25, 0.3) is 0 Å². The van der Waals surface area contributed by atoms with Crippen molar-refractivity contribution in [3.8, 4) is 0 Å². The van der Waals surface area contributed by atoms with Crippen molar-refractivity contribution in [2.24, 2.45) is 0 Å². The fourth-order valence-corrected chi connectivity index (χ4v) is 0.639. The van der Waals surface area contributed by atoms with Crippen LogP contribution in [0.15, 0.2) is 12.3 Å². The zero-order chi connectivity index (χ0) is 7.56. The van der Waals surface area contributed by atoms with E-state index in [4.69, 9.17) is 7.85 Å². The number of hydrogen-bond acceptors (Lipinski definition) is 2. The first-order valence-corrected chi connectivity index (χ1v) is 2.76.